The van der Waals surface area contributed by atoms with Gasteiger partial charge in [0.15, 0.2) is 0 Å². The molecule has 4 heterocycles. The SMILES string of the molecule is Cc1c(-c2cc3cnc(Nc4ccc(C5CCCCC5)cc4)nc3n(CCN(C)C)c2=O)ncn1C1CCN(C)C1. The van der Waals surface area contributed by atoms with E-state index in [1.165, 1.54) is 37.7 Å². The van der Waals surface area contributed by atoms with Crippen molar-refractivity contribution in [1.29, 1.82) is 0 Å². The highest BCUT2D eigenvalue weighted by molar-refractivity contribution is 5.81. The number of nitrogens with zero attached hydrogens (tertiary/aromatic N) is 7. The number of anilines is 2. The molecular formula is C32H42N8O. The summed E-state index contributed by atoms with van der Waals surface area (Å²) in [7, 11) is 6.18. The number of likely N-dealkylation sites (N-methyl/N-ethyl adjacent to an activating group) is 2. The molecule has 1 aliphatic heterocycles. The van der Waals surface area contributed by atoms with Crippen LogP contribution in [0.25, 0.3) is 22.3 Å². The zero-order valence-electron chi connectivity index (χ0n) is 24.8. The molecule has 9 heteroatoms. The van der Waals surface area contributed by atoms with Crippen LogP contribution in [0.15, 0.2) is 47.7 Å². The van der Waals surface area contributed by atoms with Crippen LogP contribution in [0.1, 0.15) is 61.7 Å². The maximum atomic E-state index is 14.0. The zero-order chi connectivity index (χ0) is 28.5. The fraction of sp³-hybridized carbons (Fsp3) is 0.500. The van der Waals surface area contributed by atoms with Crippen molar-refractivity contribution < 1.29 is 0 Å². The number of aromatic nitrogens is 5. The van der Waals surface area contributed by atoms with Crippen molar-refractivity contribution >= 4 is 22.7 Å². The molecular weight excluding hydrogens is 512 g/mol. The lowest BCUT2D eigenvalue weighted by molar-refractivity contribution is 0.384. The first-order chi connectivity index (χ1) is 19.9. The van der Waals surface area contributed by atoms with Crippen molar-refractivity contribution in [2.24, 2.45) is 0 Å². The number of imidazole rings is 1. The first kappa shape index (κ1) is 27.6. The molecule has 3 aromatic heterocycles. The second-order valence-corrected chi connectivity index (χ2v) is 12.2. The molecule has 1 aliphatic carbocycles. The van der Waals surface area contributed by atoms with Gasteiger partial charge in [0, 0.05) is 48.6 Å². The number of pyridine rings is 1. The quantitative estimate of drug-likeness (QED) is 0.321. The molecule has 2 aliphatic rings. The van der Waals surface area contributed by atoms with Gasteiger partial charge < -0.3 is 19.7 Å². The Kier molecular flexibility index (Phi) is 7.90. The molecule has 2 fully saturated rings. The van der Waals surface area contributed by atoms with Gasteiger partial charge in [-0.3, -0.25) is 9.36 Å². The summed E-state index contributed by atoms with van der Waals surface area (Å²) in [6.07, 6.45) is 11.4. The maximum absolute atomic E-state index is 14.0. The Hall–Kier alpha value is -3.56. The third-order valence-electron chi connectivity index (χ3n) is 8.90. The minimum Gasteiger partial charge on any atom is -0.330 e. The molecule has 216 valence electrons. The van der Waals surface area contributed by atoms with E-state index in [1.54, 1.807) is 4.57 Å². The molecule has 4 aromatic rings. The van der Waals surface area contributed by atoms with Gasteiger partial charge in [0.25, 0.3) is 5.56 Å². The standard InChI is InChI=1S/C32H42N8O/c1-22-29(34-21-40(22)27-14-15-38(4)20-27)28-18-25-19-33-32(36-30(25)39(31(28)41)17-16-37(2)3)35-26-12-10-24(11-13-26)23-8-6-5-7-9-23/h10-13,18-19,21,23,27H,5-9,14-17,20H2,1-4H3,(H,33,35,36). The normalized spacial score (nSPS) is 18.5. The molecule has 0 spiro atoms. The van der Waals surface area contributed by atoms with E-state index < -0.39 is 0 Å². The molecule has 1 saturated carbocycles. The van der Waals surface area contributed by atoms with Crippen LogP contribution < -0.4 is 10.9 Å². The molecule has 1 aromatic carbocycles. The average Bonchev–Trinajstić information content (AvgIpc) is 3.58. The first-order valence-electron chi connectivity index (χ1n) is 15.0. The molecule has 0 amide bonds. The lowest BCUT2D eigenvalue weighted by Crippen LogP contribution is -2.28. The van der Waals surface area contributed by atoms with Crippen molar-refractivity contribution in [3.63, 3.8) is 0 Å². The van der Waals surface area contributed by atoms with E-state index in [9.17, 15) is 4.79 Å². The Morgan fingerprint density at radius 2 is 1.83 bits per heavy atom. The van der Waals surface area contributed by atoms with Gasteiger partial charge in [0.05, 0.1) is 17.6 Å². The molecule has 1 atom stereocenters. The second-order valence-electron chi connectivity index (χ2n) is 12.2. The highest BCUT2D eigenvalue weighted by atomic mass is 16.1. The predicted molar refractivity (Wildman–Crippen MR) is 165 cm³/mol. The number of rotatable bonds is 8. The lowest BCUT2D eigenvalue weighted by atomic mass is 9.84. The van der Waals surface area contributed by atoms with Crippen LogP contribution in [-0.2, 0) is 6.54 Å². The molecule has 41 heavy (non-hydrogen) atoms. The van der Waals surface area contributed by atoms with Crippen LogP contribution in [0, 0.1) is 6.92 Å². The second kappa shape index (κ2) is 11.7. The summed E-state index contributed by atoms with van der Waals surface area (Å²) in [5.74, 6) is 1.16. The van der Waals surface area contributed by atoms with E-state index in [0.29, 0.717) is 35.7 Å². The molecule has 0 radical (unpaired) electrons. The third kappa shape index (κ3) is 5.78. The van der Waals surface area contributed by atoms with Crippen LogP contribution in [0.5, 0.6) is 0 Å². The minimum absolute atomic E-state index is 0.0716. The van der Waals surface area contributed by atoms with E-state index in [2.05, 4.69) is 62.9 Å². The van der Waals surface area contributed by atoms with Gasteiger partial charge in [-0.15, -0.1) is 0 Å². The molecule has 1 N–H and O–H groups in total. The van der Waals surface area contributed by atoms with E-state index in [1.807, 2.05) is 32.7 Å². The number of likely N-dealkylation sites (tertiary alicyclic amines) is 1. The fourth-order valence-corrected chi connectivity index (χ4v) is 6.49. The van der Waals surface area contributed by atoms with Crippen LogP contribution in [-0.4, -0.2) is 74.7 Å². The molecule has 0 bridgehead atoms. The topological polar surface area (TPSA) is 84.1 Å². The average molecular weight is 555 g/mol. The summed E-state index contributed by atoms with van der Waals surface area (Å²) in [6.45, 7) is 5.38. The highest BCUT2D eigenvalue weighted by Crippen LogP contribution is 2.33. The number of benzene rings is 1. The van der Waals surface area contributed by atoms with Gasteiger partial charge in [-0.1, -0.05) is 31.4 Å². The van der Waals surface area contributed by atoms with Crippen molar-refractivity contribution in [3.05, 3.63) is 64.5 Å². The summed E-state index contributed by atoms with van der Waals surface area (Å²) in [6, 6.07) is 11.0. The lowest BCUT2D eigenvalue weighted by Gasteiger charge is -2.22. The Labute approximate surface area is 242 Å². The van der Waals surface area contributed by atoms with Gasteiger partial charge >= 0.3 is 0 Å². The highest BCUT2D eigenvalue weighted by Gasteiger charge is 2.25. The Balaban J connectivity index is 1.33. The largest absolute Gasteiger partial charge is 0.330 e. The zero-order valence-corrected chi connectivity index (χ0v) is 24.8. The molecule has 6 rings (SSSR count). The minimum atomic E-state index is -0.0716. The van der Waals surface area contributed by atoms with E-state index in [0.717, 1.165) is 48.5 Å². The monoisotopic (exact) mass is 554 g/mol. The van der Waals surface area contributed by atoms with Crippen LogP contribution in [0.3, 0.4) is 0 Å². The van der Waals surface area contributed by atoms with Gasteiger partial charge in [-0.05, 0) is 83.6 Å². The number of fused-ring (bicyclic) bond motifs is 1. The Morgan fingerprint density at radius 3 is 2.54 bits per heavy atom. The van der Waals surface area contributed by atoms with Gasteiger partial charge in [0.2, 0.25) is 5.95 Å². The van der Waals surface area contributed by atoms with E-state index in [-0.39, 0.29) is 5.56 Å². The summed E-state index contributed by atoms with van der Waals surface area (Å²) in [5.41, 5.74) is 5.28. The molecule has 1 unspecified atom stereocenters. The van der Waals surface area contributed by atoms with Crippen LogP contribution in [0.4, 0.5) is 11.6 Å². The Bertz CT molecular complexity index is 1570. The van der Waals surface area contributed by atoms with E-state index in [4.69, 9.17) is 9.97 Å². The van der Waals surface area contributed by atoms with Gasteiger partial charge in [-0.2, -0.15) is 4.98 Å². The van der Waals surface area contributed by atoms with Crippen molar-refractivity contribution in [1.82, 2.24) is 33.9 Å². The number of hydrogen-bond acceptors (Lipinski definition) is 7. The number of hydrogen-bond donors (Lipinski definition) is 1. The third-order valence-corrected chi connectivity index (χ3v) is 8.90. The predicted octanol–water partition coefficient (Wildman–Crippen LogP) is 5.19. The van der Waals surface area contributed by atoms with Crippen molar-refractivity contribution in [2.45, 2.75) is 64.0 Å². The summed E-state index contributed by atoms with van der Waals surface area (Å²) in [4.78, 5) is 32.6. The maximum Gasteiger partial charge on any atom is 0.261 e. The summed E-state index contributed by atoms with van der Waals surface area (Å²) in [5, 5.41) is 4.19. The van der Waals surface area contributed by atoms with E-state index >= 15 is 0 Å². The first-order valence-corrected chi connectivity index (χ1v) is 15.0. The van der Waals surface area contributed by atoms with Crippen molar-refractivity contribution in [3.8, 4) is 11.3 Å². The van der Waals surface area contributed by atoms with Crippen molar-refractivity contribution in [2.75, 3.05) is 46.1 Å². The summed E-state index contributed by atoms with van der Waals surface area (Å²) < 4.78 is 4.02. The Morgan fingerprint density at radius 1 is 1.05 bits per heavy atom. The number of nitrogens with one attached hydrogen (secondary N) is 1. The summed E-state index contributed by atoms with van der Waals surface area (Å²) >= 11 is 0. The molecule has 1 saturated heterocycles. The van der Waals surface area contributed by atoms with Gasteiger partial charge in [-0.25, -0.2) is 9.97 Å². The van der Waals surface area contributed by atoms with Crippen LogP contribution in [0.2, 0.25) is 0 Å². The fourth-order valence-electron chi connectivity index (χ4n) is 6.49. The van der Waals surface area contributed by atoms with Gasteiger partial charge in [0.1, 0.15) is 5.65 Å². The smallest absolute Gasteiger partial charge is 0.261 e. The molecule has 9 nitrogen and oxygen atoms in total. The van der Waals surface area contributed by atoms with Crippen LogP contribution >= 0.6 is 0 Å².